The molecule has 1 aromatic rings. The number of hydrogen-bond acceptors (Lipinski definition) is 4. The topological polar surface area (TPSA) is 51.4 Å². The van der Waals surface area contributed by atoms with E-state index in [-0.39, 0.29) is 0 Å². The normalized spacial score (nSPS) is 19.5. The zero-order valence-electron chi connectivity index (χ0n) is 10.6. The summed E-state index contributed by atoms with van der Waals surface area (Å²) in [5.41, 5.74) is 7.58. The molecule has 0 spiro atoms. The van der Waals surface area contributed by atoms with E-state index in [1.54, 1.807) is 12.4 Å². The SMILES string of the molecule is CN(CC1CCCCO1)c1cnccc1C(N)=S. The second-order valence-corrected chi connectivity index (χ2v) is 5.07. The van der Waals surface area contributed by atoms with Crippen molar-refractivity contribution in [3.05, 3.63) is 24.0 Å². The van der Waals surface area contributed by atoms with Gasteiger partial charge in [0.1, 0.15) is 4.99 Å². The number of rotatable bonds is 4. The highest BCUT2D eigenvalue weighted by atomic mass is 32.1. The molecule has 98 valence electrons. The molecule has 1 aromatic heterocycles. The van der Waals surface area contributed by atoms with Gasteiger partial charge in [0.15, 0.2) is 0 Å². The number of ether oxygens (including phenoxy) is 1. The molecule has 2 rings (SSSR count). The number of anilines is 1. The van der Waals surface area contributed by atoms with E-state index in [0.717, 1.165) is 30.8 Å². The van der Waals surface area contributed by atoms with Gasteiger partial charge in [-0.2, -0.15) is 0 Å². The van der Waals surface area contributed by atoms with Crippen molar-refractivity contribution in [1.29, 1.82) is 0 Å². The Hall–Kier alpha value is -1.20. The van der Waals surface area contributed by atoms with Gasteiger partial charge < -0.3 is 15.4 Å². The fourth-order valence-electron chi connectivity index (χ4n) is 2.25. The minimum absolute atomic E-state index is 0.295. The summed E-state index contributed by atoms with van der Waals surface area (Å²) in [5.74, 6) is 0. The molecule has 0 aromatic carbocycles. The quantitative estimate of drug-likeness (QED) is 0.840. The molecule has 0 amide bonds. The van der Waals surface area contributed by atoms with Crippen molar-refractivity contribution in [1.82, 2.24) is 4.98 Å². The van der Waals surface area contributed by atoms with Crippen molar-refractivity contribution < 1.29 is 4.74 Å². The van der Waals surface area contributed by atoms with Crippen LogP contribution in [-0.4, -0.2) is 36.3 Å². The Balaban J connectivity index is 2.08. The molecule has 1 saturated heterocycles. The van der Waals surface area contributed by atoms with E-state index in [4.69, 9.17) is 22.7 Å². The lowest BCUT2D eigenvalue weighted by Gasteiger charge is -2.29. The summed E-state index contributed by atoms with van der Waals surface area (Å²) in [6, 6.07) is 1.86. The minimum Gasteiger partial charge on any atom is -0.389 e. The molecule has 1 fully saturated rings. The molecular formula is C13H19N3OS. The Morgan fingerprint density at radius 3 is 3.11 bits per heavy atom. The van der Waals surface area contributed by atoms with Crippen LogP contribution in [0.15, 0.2) is 18.5 Å². The van der Waals surface area contributed by atoms with Crippen molar-refractivity contribution in [2.24, 2.45) is 5.73 Å². The van der Waals surface area contributed by atoms with E-state index in [9.17, 15) is 0 Å². The van der Waals surface area contributed by atoms with Gasteiger partial charge in [0, 0.05) is 32.0 Å². The van der Waals surface area contributed by atoms with Gasteiger partial charge in [-0.15, -0.1) is 0 Å². The van der Waals surface area contributed by atoms with Crippen LogP contribution in [0.5, 0.6) is 0 Å². The predicted octanol–water partition coefficient (Wildman–Crippen LogP) is 1.72. The average molecular weight is 265 g/mol. The zero-order chi connectivity index (χ0) is 13.0. The lowest BCUT2D eigenvalue weighted by atomic mass is 10.1. The summed E-state index contributed by atoms with van der Waals surface area (Å²) in [6.07, 6.45) is 7.34. The zero-order valence-corrected chi connectivity index (χ0v) is 11.4. The molecule has 1 unspecified atom stereocenters. The Morgan fingerprint density at radius 2 is 2.44 bits per heavy atom. The monoisotopic (exact) mass is 265 g/mol. The number of likely N-dealkylation sites (N-methyl/N-ethyl adjacent to an activating group) is 1. The number of aromatic nitrogens is 1. The Morgan fingerprint density at radius 1 is 1.61 bits per heavy atom. The second-order valence-electron chi connectivity index (χ2n) is 4.63. The van der Waals surface area contributed by atoms with E-state index in [1.807, 2.05) is 13.1 Å². The van der Waals surface area contributed by atoms with Gasteiger partial charge in [0.25, 0.3) is 0 Å². The van der Waals surface area contributed by atoms with Gasteiger partial charge >= 0.3 is 0 Å². The minimum atomic E-state index is 0.295. The second kappa shape index (κ2) is 6.11. The largest absolute Gasteiger partial charge is 0.389 e. The lowest BCUT2D eigenvalue weighted by molar-refractivity contribution is 0.0216. The summed E-state index contributed by atoms with van der Waals surface area (Å²) in [5, 5.41) is 0. The van der Waals surface area contributed by atoms with E-state index in [1.165, 1.54) is 12.8 Å². The molecule has 0 radical (unpaired) electrons. The first-order valence-corrected chi connectivity index (χ1v) is 6.66. The summed E-state index contributed by atoms with van der Waals surface area (Å²) >= 11 is 5.07. The maximum atomic E-state index is 5.74. The van der Waals surface area contributed by atoms with Gasteiger partial charge in [0.2, 0.25) is 0 Å². The van der Waals surface area contributed by atoms with Crippen molar-refractivity contribution in [3.63, 3.8) is 0 Å². The molecule has 1 aliphatic rings. The van der Waals surface area contributed by atoms with E-state index >= 15 is 0 Å². The summed E-state index contributed by atoms with van der Waals surface area (Å²) < 4.78 is 5.74. The molecule has 4 nitrogen and oxygen atoms in total. The molecular weight excluding hydrogens is 246 g/mol. The van der Waals surface area contributed by atoms with Crippen LogP contribution in [0.4, 0.5) is 5.69 Å². The fourth-order valence-corrected chi connectivity index (χ4v) is 2.43. The maximum absolute atomic E-state index is 5.74. The van der Waals surface area contributed by atoms with Crippen LogP contribution in [-0.2, 0) is 4.74 Å². The van der Waals surface area contributed by atoms with Crippen LogP contribution in [0, 0.1) is 0 Å². The Kier molecular flexibility index (Phi) is 4.49. The first-order chi connectivity index (χ1) is 8.68. The molecule has 5 heteroatoms. The molecule has 18 heavy (non-hydrogen) atoms. The standard InChI is InChI=1S/C13H19N3OS/c1-16(9-10-4-2-3-7-17-10)12-8-15-6-5-11(12)13(14)18/h5-6,8,10H,2-4,7,9H2,1H3,(H2,14,18). The van der Waals surface area contributed by atoms with Crippen LogP contribution >= 0.6 is 12.2 Å². The lowest BCUT2D eigenvalue weighted by Crippen LogP contribution is -2.34. The van der Waals surface area contributed by atoms with Crippen molar-refractivity contribution in [3.8, 4) is 0 Å². The van der Waals surface area contributed by atoms with Gasteiger partial charge in [0.05, 0.1) is 18.0 Å². The number of nitrogens with zero attached hydrogens (tertiary/aromatic N) is 2. The van der Waals surface area contributed by atoms with E-state index < -0.39 is 0 Å². The molecule has 2 heterocycles. The average Bonchev–Trinajstić information content (AvgIpc) is 2.40. The third-order valence-corrected chi connectivity index (χ3v) is 3.45. The smallest absolute Gasteiger partial charge is 0.106 e. The third kappa shape index (κ3) is 3.17. The van der Waals surface area contributed by atoms with E-state index in [0.29, 0.717) is 11.1 Å². The number of hydrogen-bond donors (Lipinski definition) is 1. The molecule has 0 bridgehead atoms. The van der Waals surface area contributed by atoms with Crippen LogP contribution < -0.4 is 10.6 Å². The van der Waals surface area contributed by atoms with Gasteiger partial charge in [-0.25, -0.2) is 0 Å². The van der Waals surface area contributed by atoms with Gasteiger partial charge in [-0.3, -0.25) is 4.98 Å². The highest BCUT2D eigenvalue weighted by Gasteiger charge is 2.18. The van der Waals surface area contributed by atoms with Crippen molar-refractivity contribution in [2.75, 3.05) is 25.1 Å². The van der Waals surface area contributed by atoms with Gasteiger partial charge in [-0.1, -0.05) is 12.2 Å². The number of thiocarbonyl (C=S) groups is 1. The third-order valence-electron chi connectivity index (χ3n) is 3.23. The van der Waals surface area contributed by atoms with Crippen LogP contribution in [0.1, 0.15) is 24.8 Å². The molecule has 1 aliphatic heterocycles. The molecule has 0 saturated carbocycles. The van der Waals surface area contributed by atoms with Gasteiger partial charge in [-0.05, 0) is 25.3 Å². The van der Waals surface area contributed by atoms with Crippen LogP contribution in [0.2, 0.25) is 0 Å². The van der Waals surface area contributed by atoms with Crippen LogP contribution in [0.25, 0.3) is 0 Å². The highest BCUT2D eigenvalue weighted by molar-refractivity contribution is 7.80. The number of pyridine rings is 1. The predicted molar refractivity (Wildman–Crippen MR) is 77.0 cm³/mol. The maximum Gasteiger partial charge on any atom is 0.106 e. The summed E-state index contributed by atoms with van der Waals surface area (Å²) in [6.45, 7) is 1.72. The number of nitrogens with two attached hydrogens (primary N) is 1. The fraction of sp³-hybridized carbons (Fsp3) is 0.538. The summed E-state index contributed by atoms with van der Waals surface area (Å²) in [4.78, 5) is 6.67. The first kappa shape index (κ1) is 13.2. The van der Waals surface area contributed by atoms with E-state index in [2.05, 4.69) is 9.88 Å². The van der Waals surface area contributed by atoms with Crippen LogP contribution in [0.3, 0.4) is 0 Å². The first-order valence-electron chi connectivity index (χ1n) is 6.25. The van der Waals surface area contributed by atoms with Crippen molar-refractivity contribution >= 4 is 22.9 Å². The van der Waals surface area contributed by atoms with Crippen molar-refractivity contribution in [2.45, 2.75) is 25.4 Å². The molecule has 0 aliphatic carbocycles. The molecule has 1 atom stereocenters. The Labute approximate surface area is 113 Å². The molecule has 2 N–H and O–H groups in total. The summed E-state index contributed by atoms with van der Waals surface area (Å²) in [7, 11) is 2.02. The highest BCUT2D eigenvalue weighted by Crippen LogP contribution is 2.20. The Bertz CT molecular complexity index is 418.